The molecule has 7 heteroatoms. The molecule has 1 spiro atoms. The van der Waals surface area contributed by atoms with Gasteiger partial charge in [-0.25, -0.2) is 0 Å². The third-order valence-corrected chi connectivity index (χ3v) is 6.87. The first kappa shape index (κ1) is 19.9. The Morgan fingerprint density at radius 3 is 2.29 bits per heavy atom. The third-order valence-electron chi connectivity index (χ3n) is 6.87. The van der Waals surface area contributed by atoms with Crippen molar-refractivity contribution in [1.82, 2.24) is 29.5 Å². The highest BCUT2D eigenvalue weighted by molar-refractivity contribution is 5.85. The minimum Gasteiger partial charge on any atom is -0.338 e. The van der Waals surface area contributed by atoms with E-state index in [1.54, 1.807) is 12.4 Å². The molecule has 0 radical (unpaired) electrons. The van der Waals surface area contributed by atoms with Crippen molar-refractivity contribution < 1.29 is 4.79 Å². The second-order valence-electron chi connectivity index (χ2n) is 8.80. The van der Waals surface area contributed by atoms with Gasteiger partial charge in [-0.15, -0.1) is 0 Å². The van der Waals surface area contributed by atoms with Gasteiger partial charge in [0.25, 0.3) is 0 Å². The van der Waals surface area contributed by atoms with Gasteiger partial charge in [0.05, 0.1) is 5.41 Å². The molecule has 0 aromatic carbocycles. The van der Waals surface area contributed by atoms with Crippen molar-refractivity contribution in [3.05, 3.63) is 78.1 Å². The standard InChI is InChI=1S/C24H28N6O/c1-28-22(7-13-27-28)21-17-29(15-19-3-9-25-10-4-19)18-24(21)8-2-14-30(23(24)31)16-20-5-11-26-12-6-20/h3-7,9-13,21H,2,8,14-18H2,1H3/t21-,24+/m0/s1. The van der Waals surface area contributed by atoms with Gasteiger partial charge in [0.15, 0.2) is 0 Å². The zero-order valence-electron chi connectivity index (χ0n) is 17.9. The zero-order valence-corrected chi connectivity index (χ0v) is 17.9. The lowest BCUT2D eigenvalue weighted by molar-refractivity contribution is -0.147. The van der Waals surface area contributed by atoms with E-state index >= 15 is 0 Å². The van der Waals surface area contributed by atoms with Crippen LogP contribution in [0.15, 0.2) is 61.3 Å². The van der Waals surface area contributed by atoms with Crippen molar-refractivity contribution in [2.24, 2.45) is 12.5 Å². The highest BCUT2D eigenvalue weighted by atomic mass is 16.2. The number of hydrogen-bond acceptors (Lipinski definition) is 5. The molecule has 5 heterocycles. The van der Waals surface area contributed by atoms with Crippen LogP contribution in [-0.4, -0.2) is 55.1 Å². The Hall–Kier alpha value is -3.06. The topological polar surface area (TPSA) is 67.2 Å². The highest BCUT2D eigenvalue weighted by Crippen LogP contribution is 2.49. The lowest BCUT2D eigenvalue weighted by Gasteiger charge is -2.42. The first-order valence-electron chi connectivity index (χ1n) is 10.9. The van der Waals surface area contributed by atoms with Crippen molar-refractivity contribution in [3.8, 4) is 0 Å². The number of rotatable bonds is 5. The minimum atomic E-state index is -0.411. The molecule has 7 nitrogen and oxygen atoms in total. The molecular formula is C24H28N6O. The van der Waals surface area contributed by atoms with Crippen LogP contribution < -0.4 is 0 Å². The van der Waals surface area contributed by atoms with Crippen LogP contribution in [0.5, 0.6) is 0 Å². The summed E-state index contributed by atoms with van der Waals surface area (Å²) in [6.07, 6.45) is 11.0. The number of piperidine rings is 1. The van der Waals surface area contributed by atoms with Gasteiger partial charge in [0.2, 0.25) is 5.91 Å². The Labute approximate surface area is 182 Å². The second-order valence-corrected chi connectivity index (χ2v) is 8.80. The fourth-order valence-corrected chi connectivity index (χ4v) is 5.41. The number of hydrogen-bond donors (Lipinski definition) is 0. The second kappa shape index (κ2) is 8.23. The quantitative estimate of drug-likeness (QED) is 0.640. The Morgan fingerprint density at radius 2 is 1.65 bits per heavy atom. The molecule has 2 aliphatic heterocycles. The van der Waals surface area contributed by atoms with Crippen LogP contribution in [0.3, 0.4) is 0 Å². The van der Waals surface area contributed by atoms with E-state index in [1.165, 1.54) is 5.56 Å². The van der Waals surface area contributed by atoms with Gasteiger partial charge in [0, 0.05) is 82.4 Å². The summed E-state index contributed by atoms with van der Waals surface area (Å²) in [7, 11) is 1.98. The number of pyridine rings is 2. The predicted molar refractivity (Wildman–Crippen MR) is 117 cm³/mol. The smallest absolute Gasteiger partial charge is 0.231 e. The molecule has 0 unspecified atom stereocenters. The molecule has 3 aromatic heterocycles. The van der Waals surface area contributed by atoms with Crippen LogP contribution in [0.4, 0.5) is 0 Å². The van der Waals surface area contributed by atoms with E-state index in [2.05, 4.69) is 43.1 Å². The fourth-order valence-electron chi connectivity index (χ4n) is 5.41. The first-order chi connectivity index (χ1) is 15.2. The van der Waals surface area contributed by atoms with Crippen molar-refractivity contribution in [1.29, 1.82) is 0 Å². The van der Waals surface area contributed by atoms with Crippen LogP contribution in [0.2, 0.25) is 0 Å². The molecule has 2 atom stereocenters. The van der Waals surface area contributed by atoms with Crippen LogP contribution in [0.25, 0.3) is 0 Å². The molecule has 5 rings (SSSR count). The van der Waals surface area contributed by atoms with E-state index in [4.69, 9.17) is 0 Å². The summed E-state index contributed by atoms with van der Waals surface area (Å²) in [5, 5.41) is 4.42. The van der Waals surface area contributed by atoms with Gasteiger partial charge >= 0.3 is 0 Å². The van der Waals surface area contributed by atoms with Crippen molar-refractivity contribution >= 4 is 5.91 Å². The summed E-state index contributed by atoms with van der Waals surface area (Å²) >= 11 is 0. The highest BCUT2D eigenvalue weighted by Gasteiger charge is 2.55. The minimum absolute atomic E-state index is 0.134. The van der Waals surface area contributed by atoms with Gasteiger partial charge in [-0.05, 0) is 54.3 Å². The number of aromatic nitrogens is 4. The molecule has 2 saturated heterocycles. The van der Waals surface area contributed by atoms with Gasteiger partial charge in [-0.3, -0.25) is 24.3 Å². The average molecular weight is 417 g/mol. The molecule has 3 aromatic rings. The summed E-state index contributed by atoms with van der Waals surface area (Å²) in [4.78, 5) is 26.7. The number of nitrogens with zero attached hydrogens (tertiary/aromatic N) is 6. The summed E-state index contributed by atoms with van der Waals surface area (Å²) < 4.78 is 1.94. The van der Waals surface area contributed by atoms with Crippen LogP contribution in [-0.2, 0) is 24.9 Å². The van der Waals surface area contributed by atoms with Crippen LogP contribution in [0, 0.1) is 5.41 Å². The van der Waals surface area contributed by atoms with Gasteiger partial charge in [-0.1, -0.05) is 0 Å². The number of aryl methyl sites for hydroxylation is 1. The number of amides is 1. The zero-order chi connectivity index (χ0) is 21.3. The van der Waals surface area contributed by atoms with E-state index in [1.807, 2.05) is 42.5 Å². The molecule has 0 N–H and O–H groups in total. The molecule has 160 valence electrons. The Morgan fingerprint density at radius 1 is 0.968 bits per heavy atom. The molecule has 0 saturated carbocycles. The van der Waals surface area contributed by atoms with Gasteiger partial charge < -0.3 is 4.90 Å². The van der Waals surface area contributed by atoms with Crippen molar-refractivity contribution in [2.75, 3.05) is 19.6 Å². The fraction of sp³-hybridized carbons (Fsp3) is 0.417. The van der Waals surface area contributed by atoms with E-state index in [9.17, 15) is 4.79 Å². The molecule has 2 fully saturated rings. The lowest BCUT2D eigenvalue weighted by Crippen LogP contribution is -2.52. The van der Waals surface area contributed by atoms with Crippen molar-refractivity contribution in [3.63, 3.8) is 0 Å². The molecule has 31 heavy (non-hydrogen) atoms. The summed E-state index contributed by atoms with van der Waals surface area (Å²) in [5.41, 5.74) is 3.10. The first-order valence-corrected chi connectivity index (χ1v) is 10.9. The largest absolute Gasteiger partial charge is 0.338 e. The van der Waals surface area contributed by atoms with Gasteiger partial charge in [-0.2, -0.15) is 5.10 Å². The Balaban J connectivity index is 1.45. The van der Waals surface area contributed by atoms with Crippen LogP contribution >= 0.6 is 0 Å². The maximum absolute atomic E-state index is 14.0. The summed E-state index contributed by atoms with van der Waals surface area (Å²) in [6.45, 7) is 3.92. The third kappa shape index (κ3) is 3.74. The average Bonchev–Trinajstić information content (AvgIpc) is 3.36. The van der Waals surface area contributed by atoms with Gasteiger partial charge in [0.1, 0.15) is 0 Å². The molecule has 0 aliphatic carbocycles. The van der Waals surface area contributed by atoms with E-state index in [0.717, 1.165) is 50.3 Å². The SMILES string of the molecule is Cn1nccc1[C@@H]1CN(Cc2ccncc2)C[C@]12CCCN(Cc1ccncc1)C2=O. The van der Waals surface area contributed by atoms with E-state index < -0.39 is 5.41 Å². The maximum Gasteiger partial charge on any atom is 0.231 e. The number of likely N-dealkylation sites (tertiary alicyclic amines) is 2. The number of carbonyl (C=O) groups is 1. The normalized spacial score (nSPS) is 24.2. The molecule has 1 amide bonds. The van der Waals surface area contributed by atoms with E-state index in [0.29, 0.717) is 6.54 Å². The maximum atomic E-state index is 14.0. The molecule has 0 bridgehead atoms. The predicted octanol–water partition coefficient (Wildman–Crippen LogP) is 2.62. The Bertz CT molecular complexity index is 1040. The Kier molecular flexibility index (Phi) is 5.28. The summed E-state index contributed by atoms with van der Waals surface area (Å²) in [5.74, 6) is 0.411. The monoisotopic (exact) mass is 416 g/mol. The van der Waals surface area contributed by atoms with Crippen LogP contribution in [0.1, 0.15) is 35.6 Å². The van der Waals surface area contributed by atoms with Crippen molar-refractivity contribution in [2.45, 2.75) is 31.8 Å². The lowest BCUT2D eigenvalue weighted by atomic mass is 9.70. The molecular weight excluding hydrogens is 388 g/mol. The summed E-state index contributed by atoms with van der Waals surface area (Å²) in [6, 6.07) is 10.2. The number of carbonyl (C=O) groups excluding carboxylic acids is 1. The molecule has 2 aliphatic rings. The van der Waals surface area contributed by atoms with E-state index in [-0.39, 0.29) is 11.8 Å².